The van der Waals surface area contributed by atoms with Crippen LogP contribution in [0, 0.1) is 0 Å². The number of hydrogen-bond acceptors (Lipinski definition) is 5. The Morgan fingerprint density at radius 1 is 1.05 bits per heavy atom. The molecule has 0 aliphatic heterocycles. The van der Waals surface area contributed by atoms with Crippen LogP contribution < -0.4 is 10.6 Å². The van der Waals surface area contributed by atoms with Crippen LogP contribution in [-0.4, -0.2) is 17.0 Å². The van der Waals surface area contributed by atoms with Gasteiger partial charge in [0, 0.05) is 23.6 Å². The second-order valence-electron chi connectivity index (χ2n) is 4.51. The largest absolute Gasteiger partial charge is 0.365 e. The van der Waals surface area contributed by atoms with Crippen LogP contribution in [0.15, 0.2) is 53.9 Å². The molecule has 3 rings (SSSR count). The van der Waals surface area contributed by atoms with Crippen molar-refractivity contribution in [3.05, 3.63) is 58.8 Å². The Morgan fingerprint density at radius 2 is 1.90 bits per heavy atom. The molecule has 0 amide bonds. The maximum atomic E-state index is 4.51. The summed E-state index contributed by atoms with van der Waals surface area (Å²) in [6.07, 6.45) is 0. The fourth-order valence-corrected chi connectivity index (χ4v) is 2.64. The molecule has 0 aliphatic rings. The minimum absolute atomic E-state index is 0.616. The van der Waals surface area contributed by atoms with Crippen LogP contribution in [0.5, 0.6) is 0 Å². The normalized spacial score (nSPS) is 10.3. The SMILES string of the molecule is CNc1nc(NCc2cccs2)cc(-c2ccccc2)n1. The number of nitrogens with zero attached hydrogens (tertiary/aromatic N) is 2. The first-order valence-electron chi connectivity index (χ1n) is 6.73. The molecule has 0 saturated heterocycles. The highest BCUT2D eigenvalue weighted by Gasteiger charge is 2.06. The lowest BCUT2D eigenvalue weighted by Crippen LogP contribution is -2.04. The molecule has 1 aromatic carbocycles. The summed E-state index contributed by atoms with van der Waals surface area (Å²) in [4.78, 5) is 10.2. The first-order chi connectivity index (χ1) is 10.3. The first-order valence-corrected chi connectivity index (χ1v) is 7.61. The molecule has 0 spiro atoms. The lowest BCUT2D eigenvalue weighted by Gasteiger charge is -2.09. The topological polar surface area (TPSA) is 49.8 Å². The number of nitrogens with one attached hydrogen (secondary N) is 2. The van der Waals surface area contributed by atoms with E-state index in [1.54, 1.807) is 11.3 Å². The van der Waals surface area contributed by atoms with Crippen molar-refractivity contribution < 1.29 is 0 Å². The van der Waals surface area contributed by atoms with Crippen molar-refractivity contribution in [3.8, 4) is 11.3 Å². The van der Waals surface area contributed by atoms with Gasteiger partial charge in [0.15, 0.2) is 0 Å². The summed E-state index contributed by atoms with van der Waals surface area (Å²) in [6.45, 7) is 0.770. The molecule has 0 fully saturated rings. The van der Waals surface area contributed by atoms with Gasteiger partial charge in [-0.05, 0) is 11.4 Å². The number of aromatic nitrogens is 2. The van der Waals surface area contributed by atoms with E-state index >= 15 is 0 Å². The lowest BCUT2D eigenvalue weighted by molar-refractivity contribution is 1.10. The van der Waals surface area contributed by atoms with E-state index in [1.165, 1.54) is 4.88 Å². The van der Waals surface area contributed by atoms with Crippen LogP contribution in [-0.2, 0) is 6.54 Å². The van der Waals surface area contributed by atoms with Crippen molar-refractivity contribution in [2.24, 2.45) is 0 Å². The van der Waals surface area contributed by atoms with E-state index in [4.69, 9.17) is 0 Å². The Labute approximate surface area is 127 Å². The molecular formula is C16H16N4S. The van der Waals surface area contributed by atoms with Gasteiger partial charge in [-0.15, -0.1) is 11.3 Å². The second-order valence-corrected chi connectivity index (χ2v) is 5.54. The third-order valence-corrected chi connectivity index (χ3v) is 3.92. The zero-order chi connectivity index (χ0) is 14.5. The standard InChI is InChI=1S/C16H16N4S/c1-17-16-19-14(12-6-3-2-4-7-12)10-15(20-16)18-11-13-8-5-9-21-13/h2-10H,11H2,1H3,(H2,17,18,19,20). The van der Waals surface area contributed by atoms with Gasteiger partial charge in [0.2, 0.25) is 5.95 Å². The van der Waals surface area contributed by atoms with Crippen LogP contribution in [0.25, 0.3) is 11.3 Å². The minimum Gasteiger partial charge on any atom is -0.365 e. The molecule has 2 N–H and O–H groups in total. The summed E-state index contributed by atoms with van der Waals surface area (Å²) >= 11 is 1.73. The molecule has 0 unspecified atom stereocenters. The number of benzene rings is 1. The van der Waals surface area contributed by atoms with Crippen molar-refractivity contribution in [1.29, 1.82) is 0 Å². The summed E-state index contributed by atoms with van der Waals surface area (Å²) in [6, 6.07) is 16.2. The van der Waals surface area contributed by atoms with Crippen LogP contribution in [0.2, 0.25) is 0 Å². The van der Waals surface area contributed by atoms with E-state index in [2.05, 4.69) is 38.1 Å². The molecule has 0 saturated carbocycles. The average Bonchev–Trinajstić information content (AvgIpc) is 3.07. The second kappa shape index (κ2) is 6.37. The molecule has 0 aliphatic carbocycles. The highest BCUT2D eigenvalue weighted by molar-refractivity contribution is 7.09. The van der Waals surface area contributed by atoms with Crippen molar-refractivity contribution in [2.75, 3.05) is 17.7 Å². The zero-order valence-electron chi connectivity index (χ0n) is 11.7. The third kappa shape index (κ3) is 3.38. The van der Waals surface area contributed by atoms with Crippen molar-refractivity contribution in [2.45, 2.75) is 6.54 Å². The molecule has 106 valence electrons. The number of rotatable bonds is 5. The van der Waals surface area contributed by atoms with E-state index in [0.717, 1.165) is 23.6 Å². The molecule has 5 heteroatoms. The van der Waals surface area contributed by atoms with E-state index in [0.29, 0.717) is 5.95 Å². The lowest BCUT2D eigenvalue weighted by atomic mass is 10.1. The number of thiophene rings is 1. The quantitative estimate of drug-likeness (QED) is 0.750. The summed E-state index contributed by atoms with van der Waals surface area (Å²) in [7, 11) is 1.83. The van der Waals surface area contributed by atoms with Gasteiger partial charge in [-0.3, -0.25) is 0 Å². The fourth-order valence-electron chi connectivity index (χ4n) is 2.00. The Kier molecular flexibility index (Phi) is 4.12. The van der Waals surface area contributed by atoms with Gasteiger partial charge in [-0.25, -0.2) is 4.98 Å². The molecule has 0 bridgehead atoms. The summed E-state index contributed by atoms with van der Waals surface area (Å²) < 4.78 is 0. The Hall–Kier alpha value is -2.40. The number of hydrogen-bond donors (Lipinski definition) is 2. The minimum atomic E-state index is 0.616. The molecule has 0 atom stereocenters. The molecule has 3 aromatic rings. The van der Waals surface area contributed by atoms with Gasteiger partial charge in [0.25, 0.3) is 0 Å². The van der Waals surface area contributed by atoms with E-state index in [9.17, 15) is 0 Å². The molecular weight excluding hydrogens is 280 g/mol. The van der Waals surface area contributed by atoms with Crippen LogP contribution >= 0.6 is 11.3 Å². The van der Waals surface area contributed by atoms with Gasteiger partial charge >= 0.3 is 0 Å². The first kappa shape index (κ1) is 13.6. The van der Waals surface area contributed by atoms with Gasteiger partial charge in [-0.2, -0.15) is 4.98 Å². The Morgan fingerprint density at radius 3 is 2.62 bits per heavy atom. The third-order valence-electron chi connectivity index (χ3n) is 3.04. The predicted molar refractivity (Wildman–Crippen MR) is 88.7 cm³/mol. The average molecular weight is 296 g/mol. The maximum Gasteiger partial charge on any atom is 0.224 e. The number of anilines is 2. The van der Waals surface area contributed by atoms with Gasteiger partial charge in [-0.1, -0.05) is 36.4 Å². The molecule has 4 nitrogen and oxygen atoms in total. The highest BCUT2D eigenvalue weighted by atomic mass is 32.1. The molecule has 21 heavy (non-hydrogen) atoms. The monoisotopic (exact) mass is 296 g/mol. The van der Waals surface area contributed by atoms with E-state index in [1.807, 2.05) is 43.4 Å². The zero-order valence-corrected chi connectivity index (χ0v) is 12.5. The van der Waals surface area contributed by atoms with Crippen LogP contribution in [0.4, 0.5) is 11.8 Å². The van der Waals surface area contributed by atoms with Crippen molar-refractivity contribution in [3.63, 3.8) is 0 Å². The summed E-state index contributed by atoms with van der Waals surface area (Å²) in [5.41, 5.74) is 1.99. The maximum absolute atomic E-state index is 4.51. The van der Waals surface area contributed by atoms with Crippen LogP contribution in [0.3, 0.4) is 0 Å². The summed E-state index contributed by atoms with van der Waals surface area (Å²) in [5.74, 6) is 1.44. The van der Waals surface area contributed by atoms with E-state index < -0.39 is 0 Å². The van der Waals surface area contributed by atoms with Gasteiger partial charge in [0.1, 0.15) is 5.82 Å². The van der Waals surface area contributed by atoms with Crippen LogP contribution in [0.1, 0.15) is 4.88 Å². The smallest absolute Gasteiger partial charge is 0.224 e. The van der Waals surface area contributed by atoms with Gasteiger partial charge in [0.05, 0.1) is 12.2 Å². The highest BCUT2D eigenvalue weighted by Crippen LogP contribution is 2.21. The molecule has 0 radical (unpaired) electrons. The molecule has 2 aromatic heterocycles. The van der Waals surface area contributed by atoms with Crippen molar-refractivity contribution in [1.82, 2.24) is 9.97 Å². The predicted octanol–water partition coefficient (Wildman–Crippen LogP) is 3.86. The summed E-state index contributed by atoms with van der Waals surface area (Å²) in [5, 5.41) is 8.44. The Balaban J connectivity index is 1.86. The Bertz CT molecular complexity index is 696. The van der Waals surface area contributed by atoms with Gasteiger partial charge < -0.3 is 10.6 Å². The fraction of sp³-hybridized carbons (Fsp3) is 0.125. The van der Waals surface area contributed by atoms with E-state index in [-0.39, 0.29) is 0 Å². The molecule has 2 heterocycles. The van der Waals surface area contributed by atoms with Crippen molar-refractivity contribution >= 4 is 23.1 Å².